The maximum Gasteiger partial charge on any atom is 0.317 e. The quantitative estimate of drug-likeness (QED) is 0.691. The van der Waals surface area contributed by atoms with Crippen molar-refractivity contribution in [2.45, 2.75) is 24.1 Å². The van der Waals surface area contributed by atoms with Crippen LogP contribution in [-0.4, -0.2) is 15.9 Å². The zero-order valence-electron chi connectivity index (χ0n) is 5.01. The molecular weight excluding hydrogens is 184 g/mol. The van der Waals surface area contributed by atoms with Crippen LogP contribution in [0.3, 0.4) is 0 Å². The second-order valence-corrected chi connectivity index (χ2v) is 3.59. The summed E-state index contributed by atoms with van der Waals surface area (Å²) in [4.78, 5) is 9.90. The number of alkyl halides is 1. The molecule has 0 unspecified atom stereocenters. The van der Waals surface area contributed by atoms with E-state index in [1.807, 2.05) is 0 Å². The molecule has 0 aromatic heterocycles. The van der Waals surface area contributed by atoms with Crippen molar-refractivity contribution in [3.63, 3.8) is 0 Å². The van der Waals surface area contributed by atoms with E-state index in [0.29, 0.717) is 5.92 Å². The minimum atomic E-state index is -0.734. The van der Waals surface area contributed by atoms with Crippen LogP contribution in [0.25, 0.3) is 0 Å². The average Bonchev–Trinajstić information content (AvgIpc) is 2.50. The van der Waals surface area contributed by atoms with Crippen LogP contribution >= 0.6 is 15.9 Å². The Morgan fingerprint density at radius 2 is 2.33 bits per heavy atom. The molecule has 1 N–H and O–H groups in total. The molecule has 1 aliphatic carbocycles. The molecule has 1 fully saturated rings. The Hall–Kier alpha value is -0.0500. The summed E-state index contributed by atoms with van der Waals surface area (Å²) in [6, 6.07) is 0. The molecule has 2 nitrogen and oxygen atoms in total. The minimum Gasteiger partial charge on any atom is -0.480 e. The molecule has 1 atom stereocenters. The fraction of sp³-hybridized carbons (Fsp3) is 0.833. The van der Waals surface area contributed by atoms with Gasteiger partial charge in [0.05, 0.1) is 0 Å². The molecule has 3 heteroatoms. The number of carboxylic acid groups (broad SMARTS) is 1. The predicted octanol–water partition coefficient (Wildman–Crippen LogP) is 1.63. The Morgan fingerprint density at radius 3 is 2.67 bits per heavy atom. The summed E-state index contributed by atoms with van der Waals surface area (Å²) in [7, 11) is 0. The van der Waals surface area contributed by atoms with Crippen LogP contribution in [-0.2, 0) is 4.79 Å². The van der Waals surface area contributed by atoms with E-state index in [4.69, 9.17) is 5.11 Å². The average molecular weight is 193 g/mol. The number of rotatable bonds is 3. The van der Waals surface area contributed by atoms with Gasteiger partial charge in [-0.1, -0.05) is 28.8 Å². The largest absolute Gasteiger partial charge is 0.480 e. The van der Waals surface area contributed by atoms with Gasteiger partial charge < -0.3 is 5.11 Å². The van der Waals surface area contributed by atoms with Gasteiger partial charge >= 0.3 is 5.97 Å². The fourth-order valence-corrected chi connectivity index (χ4v) is 1.28. The second kappa shape index (κ2) is 2.69. The van der Waals surface area contributed by atoms with Crippen molar-refractivity contribution >= 4 is 21.9 Å². The lowest BCUT2D eigenvalue weighted by molar-refractivity contribution is -0.136. The van der Waals surface area contributed by atoms with Gasteiger partial charge in [0.15, 0.2) is 0 Å². The minimum absolute atomic E-state index is 0.315. The molecule has 0 spiro atoms. The highest BCUT2D eigenvalue weighted by molar-refractivity contribution is 9.10. The third-order valence-corrected chi connectivity index (χ3v) is 2.27. The molecule has 0 radical (unpaired) electrons. The molecule has 9 heavy (non-hydrogen) atoms. The van der Waals surface area contributed by atoms with E-state index in [0.717, 1.165) is 6.42 Å². The third kappa shape index (κ3) is 2.35. The molecule has 0 heterocycles. The highest BCUT2D eigenvalue weighted by atomic mass is 79.9. The summed E-state index contributed by atoms with van der Waals surface area (Å²) in [6.07, 6.45) is 3.24. The summed E-state index contributed by atoms with van der Waals surface area (Å²) in [5, 5.41) is 8.41. The number of carbonyl (C=O) groups is 1. The Morgan fingerprint density at radius 1 is 1.78 bits per heavy atom. The second-order valence-electron chi connectivity index (χ2n) is 2.48. The maximum atomic E-state index is 10.2. The first-order chi connectivity index (χ1) is 4.20. The smallest absolute Gasteiger partial charge is 0.317 e. The Balaban J connectivity index is 2.16. The van der Waals surface area contributed by atoms with Crippen molar-refractivity contribution < 1.29 is 9.90 Å². The molecule has 0 saturated heterocycles. The molecule has 1 rings (SSSR count). The zero-order chi connectivity index (χ0) is 6.85. The van der Waals surface area contributed by atoms with Gasteiger partial charge in [0, 0.05) is 0 Å². The van der Waals surface area contributed by atoms with Crippen LogP contribution < -0.4 is 0 Å². The van der Waals surface area contributed by atoms with Gasteiger partial charge in [0.2, 0.25) is 0 Å². The van der Waals surface area contributed by atoms with Crippen LogP contribution in [0.15, 0.2) is 0 Å². The third-order valence-electron chi connectivity index (χ3n) is 1.51. The summed E-state index contributed by atoms with van der Waals surface area (Å²) < 4.78 is 0. The molecule has 0 aromatic rings. The van der Waals surface area contributed by atoms with Crippen molar-refractivity contribution in [3.05, 3.63) is 0 Å². The van der Waals surface area contributed by atoms with Crippen molar-refractivity contribution in [2.24, 2.45) is 5.92 Å². The zero-order valence-corrected chi connectivity index (χ0v) is 6.60. The van der Waals surface area contributed by atoms with E-state index in [1.54, 1.807) is 0 Å². The van der Waals surface area contributed by atoms with Crippen LogP contribution in [0.1, 0.15) is 19.3 Å². The highest BCUT2D eigenvalue weighted by Gasteiger charge is 2.27. The van der Waals surface area contributed by atoms with Crippen LogP contribution in [0.5, 0.6) is 0 Å². The summed E-state index contributed by atoms with van der Waals surface area (Å²) in [5.74, 6) is -0.0487. The van der Waals surface area contributed by atoms with Gasteiger partial charge in [0.1, 0.15) is 4.83 Å². The Labute approximate surface area is 62.4 Å². The lowest BCUT2D eigenvalue weighted by Crippen LogP contribution is -2.12. The first-order valence-corrected chi connectivity index (χ1v) is 3.98. The van der Waals surface area contributed by atoms with Crippen molar-refractivity contribution in [1.29, 1.82) is 0 Å². The van der Waals surface area contributed by atoms with Crippen LogP contribution in [0.2, 0.25) is 0 Å². The predicted molar refractivity (Wildman–Crippen MR) is 37.7 cm³/mol. The van der Waals surface area contributed by atoms with Crippen LogP contribution in [0.4, 0.5) is 0 Å². The maximum absolute atomic E-state index is 10.2. The molecular formula is C6H9BrO2. The Kier molecular flexibility index (Phi) is 2.11. The summed E-state index contributed by atoms with van der Waals surface area (Å²) >= 11 is 3.08. The summed E-state index contributed by atoms with van der Waals surface area (Å²) in [5.41, 5.74) is 0. The molecule has 52 valence electrons. The highest BCUT2D eigenvalue weighted by Crippen LogP contribution is 2.35. The number of carboxylic acids is 1. The molecule has 1 aliphatic rings. The monoisotopic (exact) mass is 192 g/mol. The number of aliphatic carboxylic acids is 1. The van der Waals surface area contributed by atoms with E-state index in [1.165, 1.54) is 12.8 Å². The first kappa shape index (κ1) is 7.06. The molecule has 0 bridgehead atoms. The van der Waals surface area contributed by atoms with Gasteiger partial charge in [-0.15, -0.1) is 0 Å². The van der Waals surface area contributed by atoms with Gasteiger partial charge in [-0.3, -0.25) is 4.79 Å². The fourth-order valence-electron chi connectivity index (χ4n) is 0.747. The van der Waals surface area contributed by atoms with Gasteiger partial charge in [-0.05, 0) is 12.3 Å². The lowest BCUT2D eigenvalue weighted by Gasteiger charge is -1.99. The standard InChI is InChI=1S/C6H9BrO2/c7-5(6(8)9)3-4-1-2-4/h4-5H,1-3H2,(H,8,9)/t5-/m1/s1. The molecule has 0 amide bonds. The topological polar surface area (TPSA) is 37.3 Å². The molecule has 0 aliphatic heterocycles. The van der Waals surface area contributed by atoms with E-state index in [-0.39, 0.29) is 4.83 Å². The van der Waals surface area contributed by atoms with Gasteiger partial charge in [-0.2, -0.15) is 0 Å². The van der Waals surface area contributed by atoms with Crippen LogP contribution in [0, 0.1) is 5.92 Å². The van der Waals surface area contributed by atoms with E-state index in [2.05, 4.69) is 15.9 Å². The molecule has 0 aromatic carbocycles. The van der Waals surface area contributed by atoms with Crippen molar-refractivity contribution in [3.8, 4) is 0 Å². The first-order valence-electron chi connectivity index (χ1n) is 3.07. The Bertz CT molecular complexity index is 120. The SMILES string of the molecule is O=C(O)[C@H](Br)CC1CC1. The number of hydrogen-bond donors (Lipinski definition) is 1. The van der Waals surface area contributed by atoms with Gasteiger partial charge in [-0.25, -0.2) is 0 Å². The van der Waals surface area contributed by atoms with Gasteiger partial charge in [0.25, 0.3) is 0 Å². The lowest BCUT2D eigenvalue weighted by atomic mass is 10.2. The molecule has 1 saturated carbocycles. The van der Waals surface area contributed by atoms with Crippen molar-refractivity contribution in [1.82, 2.24) is 0 Å². The normalized spacial score (nSPS) is 21.4. The summed E-state index contributed by atoms with van der Waals surface area (Å²) in [6.45, 7) is 0. The van der Waals surface area contributed by atoms with Crippen molar-refractivity contribution in [2.75, 3.05) is 0 Å². The number of halogens is 1. The number of hydrogen-bond acceptors (Lipinski definition) is 1. The van der Waals surface area contributed by atoms with E-state index >= 15 is 0 Å². The van der Waals surface area contributed by atoms with E-state index < -0.39 is 5.97 Å². The van der Waals surface area contributed by atoms with E-state index in [9.17, 15) is 4.79 Å².